The summed E-state index contributed by atoms with van der Waals surface area (Å²) in [7, 11) is 0. The van der Waals surface area contributed by atoms with Crippen LogP contribution in [0.4, 0.5) is 0 Å². The van der Waals surface area contributed by atoms with E-state index in [-0.39, 0.29) is 28.5 Å². The molecule has 2 aliphatic heterocycles. The van der Waals surface area contributed by atoms with Gasteiger partial charge in [0.1, 0.15) is 0 Å². The highest BCUT2D eigenvalue weighted by Crippen LogP contribution is 2.35. The maximum Gasteiger partial charge on any atom is 0.272 e. The van der Waals surface area contributed by atoms with Gasteiger partial charge in [0.05, 0.1) is 33.3 Å². The minimum absolute atomic E-state index is 0.0894. The SMILES string of the molecule is Cc1ccc(-n2c(SCN3C(=O)c4ccccc4C3=O)nc3c(c2=O)SC(C)C3)cc1. The van der Waals surface area contributed by atoms with Gasteiger partial charge in [0.2, 0.25) is 0 Å². The van der Waals surface area contributed by atoms with Crippen molar-refractivity contribution in [1.82, 2.24) is 14.5 Å². The van der Waals surface area contributed by atoms with Crippen molar-refractivity contribution in [1.29, 1.82) is 0 Å². The molecule has 1 unspecified atom stereocenters. The van der Waals surface area contributed by atoms with Crippen molar-refractivity contribution in [2.75, 3.05) is 5.88 Å². The van der Waals surface area contributed by atoms with E-state index >= 15 is 0 Å². The third-order valence-electron chi connectivity index (χ3n) is 5.37. The Morgan fingerprint density at radius 1 is 1.03 bits per heavy atom. The number of aromatic nitrogens is 2. The van der Waals surface area contributed by atoms with Gasteiger partial charge in [-0.1, -0.05) is 48.5 Å². The molecule has 6 nitrogen and oxygen atoms in total. The number of benzene rings is 2. The van der Waals surface area contributed by atoms with E-state index in [1.165, 1.54) is 16.7 Å². The van der Waals surface area contributed by atoms with Crippen LogP contribution < -0.4 is 5.56 Å². The highest BCUT2D eigenvalue weighted by Gasteiger charge is 2.35. The lowest BCUT2D eigenvalue weighted by Crippen LogP contribution is -2.30. The molecular formula is C23H19N3O3S2. The molecule has 8 heteroatoms. The van der Waals surface area contributed by atoms with E-state index in [9.17, 15) is 14.4 Å². The van der Waals surface area contributed by atoms with E-state index in [0.29, 0.717) is 21.2 Å². The molecule has 2 aliphatic rings. The van der Waals surface area contributed by atoms with Gasteiger partial charge >= 0.3 is 0 Å². The number of nitrogens with zero attached hydrogens (tertiary/aromatic N) is 3. The maximum atomic E-state index is 13.4. The van der Waals surface area contributed by atoms with Crippen LogP contribution in [-0.4, -0.2) is 37.4 Å². The normalized spacial score (nSPS) is 17.2. The van der Waals surface area contributed by atoms with Crippen LogP contribution in [0.15, 0.2) is 63.4 Å². The first kappa shape index (κ1) is 20.1. The summed E-state index contributed by atoms with van der Waals surface area (Å²) in [6.45, 7) is 4.07. The number of aryl methyl sites for hydroxylation is 1. The lowest BCUT2D eigenvalue weighted by Gasteiger charge is -2.17. The number of rotatable bonds is 4. The van der Waals surface area contributed by atoms with Crippen LogP contribution in [0.25, 0.3) is 5.69 Å². The van der Waals surface area contributed by atoms with Crippen molar-refractivity contribution < 1.29 is 9.59 Å². The number of amides is 2. The van der Waals surface area contributed by atoms with Crippen LogP contribution in [0.2, 0.25) is 0 Å². The molecule has 1 atom stereocenters. The monoisotopic (exact) mass is 449 g/mol. The maximum absolute atomic E-state index is 13.4. The Bertz CT molecular complexity index is 1250. The molecule has 0 aliphatic carbocycles. The zero-order chi connectivity index (χ0) is 21.7. The summed E-state index contributed by atoms with van der Waals surface area (Å²) in [5, 5.41) is 0.775. The average Bonchev–Trinajstić information content (AvgIpc) is 3.25. The molecule has 0 radical (unpaired) electrons. The lowest BCUT2D eigenvalue weighted by atomic mass is 10.1. The summed E-state index contributed by atoms with van der Waals surface area (Å²) in [4.78, 5) is 45.5. The van der Waals surface area contributed by atoms with Gasteiger partial charge in [-0.05, 0) is 31.2 Å². The summed E-state index contributed by atoms with van der Waals surface area (Å²) in [6.07, 6.45) is 0.727. The Morgan fingerprint density at radius 3 is 2.32 bits per heavy atom. The number of fused-ring (bicyclic) bond motifs is 2. The summed E-state index contributed by atoms with van der Waals surface area (Å²) >= 11 is 2.78. The third-order valence-corrected chi connectivity index (χ3v) is 7.51. The number of carbonyl (C=O) groups is 2. The molecule has 3 aromatic rings. The molecule has 31 heavy (non-hydrogen) atoms. The zero-order valence-electron chi connectivity index (χ0n) is 17.0. The topological polar surface area (TPSA) is 72.3 Å². The third kappa shape index (κ3) is 3.40. The van der Waals surface area contributed by atoms with Crippen molar-refractivity contribution in [2.45, 2.75) is 35.6 Å². The van der Waals surface area contributed by atoms with Gasteiger partial charge in [0.15, 0.2) is 5.16 Å². The largest absolute Gasteiger partial charge is 0.272 e. The average molecular weight is 450 g/mol. The van der Waals surface area contributed by atoms with Gasteiger partial charge in [0.25, 0.3) is 17.4 Å². The van der Waals surface area contributed by atoms with Crippen LogP contribution in [0.3, 0.4) is 0 Å². The second-order valence-corrected chi connectivity index (χ2v) is 10.00. The number of imide groups is 1. The highest BCUT2D eigenvalue weighted by atomic mass is 32.2. The van der Waals surface area contributed by atoms with Gasteiger partial charge in [-0.15, -0.1) is 11.8 Å². The van der Waals surface area contributed by atoms with Crippen molar-refractivity contribution in [3.8, 4) is 5.69 Å². The van der Waals surface area contributed by atoms with E-state index in [1.54, 1.807) is 40.6 Å². The van der Waals surface area contributed by atoms with Crippen LogP contribution >= 0.6 is 23.5 Å². The molecule has 0 saturated carbocycles. The van der Waals surface area contributed by atoms with E-state index in [1.807, 2.05) is 31.2 Å². The smallest absolute Gasteiger partial charge is 0.269 e. The molecule has 0 bridgehead atoms. The summed E-state index contributed by atoms with van der Waals surface area (Å²) in [5.41, 5.74) is 3.32. The minimum atomic E-state index is -0.317. The van der Waals surface area contributed by atoms with Gasteiger partial charge < -0.3 is 0 Å². The molecule has 0 saturated heterocycles. The Hall–Kier alpha value is -2.84. The lowest BCUT2D eigenvalue weighted by molar-refractivity contribution is 0.0684. The van der Waals surface area contributed by atoms with Gasteiger partial charge in [-0.3, -0.25) is 23.9 Å². The Morgan fingerprint density at radius 2 is 1.68 bits per heavy atom. The zero-order valence-corrected chi connectivity index (χ0v) is 18.6. The standard InChI is InChI=1S/C23H19N3O3S2/c1-13-7-9-15(10-8-13)26-22(29)19-18(11-14(2)31-19)24-23(26)30-12-25-20(27)16-5-3-4-6-17(16)21(25)28/h3-10,14H,11-12H2,1-2H3. The number of thioether (sulfide) groups is 2. The van der Waals surface area contributed by atoms with E-state index in [4.69, 9.17) is 4.98 Å². The molecule has 0 fully saturated rings. The second-order valence-electron chi connectivity index (χ2n) is 7.64. The Balaban J connectivity index is 1.52. The number of hydrogen-bond donors (Lipinski definition) is 0. The fraction of sp³-hybridized carbons (Fsp3) is 0.217. The van der Waals surface area contributed by atoms with E-state index in [2.05, 4.69) is 6.92 Å². The Kier molecular flexibility index (Phi) is 4.98. The van der Waals surface area contributed by atoms with Crippen LogP contribution in [0, 0.1) is 6.92 Å². The predicted octanol–water partition coefficient (Wildman–Crippen LogP) is 3.92. The van der Waals surface area contributed by atoms with Gasteiger partial charge in [0, 0.05) is 11.7 Å². The first-order valence-electron chi connectivity index (χ1n) is 9.91. The molecule has 5 rings (SSSR count). The Labute approximate surface area is 187 Å². The van der Waals surface area contributed by atoms with E-state index < -0.39 is 0 Å². The minimum Gasteiger partial charge on any atom is -0.269 e. The fourth-order valence-corrected chi connectivity index (χ4v) is 5.87. The first-order chi connectivity index (χ1) is 14.9. The molecular weight excluding hydrogens is 430 g/mol. The van der Waals surface area contributed by atoms with Crippen LogP contribution in [0.1, 0.15) is 38.9 Å². The molecule has 2 aromatic carbocycles. The molecule has 1 aromatic heterocycles. The summed E-state index contributed by atoms with van der Waals surface area (Å²) in [5.74, 6) is -0.545. The van der Waals surface area contributed by atoms with Crippen LogP contribution in [-0.2, 0) is 6.42 Å². The van der Waals surface area contributed by atoms with Crippen LogP contribution in [0.5, 0.6) is 0 Å². The second kappa shape index (κ2) is 7.69. The van der Waals surface area contributed by atoms with Crippen molar-refractivity contribution in [3.05, 3.63) is 81.3 Å². The van der Waals surface area contributed by atoms with Gasteiger partial charge in [-0.2, -0.15) is 0 Å². The molecule has 0 spiro atoms. The predicted molar refractivity (Wildman–Crippen MR) is 121 cm³/mol. The first-order valence-corrected chi connectivity index (χ1v) is 11.8. The molecule has 0 N–H and O–H groups in total. The summed E-state index contributed by atoms with van der Waals surface area (Å²) < 4.78 is 1.59. The number of hydrogen-bond acceptors (Lipinski definition) is 6. The molecule has 156 valence electrons. The quantitative estimate of drug-likeness (QED) is 0.342. The highest BCUT2D eigenvalue weighted by molar-refractivity contribution is 8.00. The van der Waals surface area contributed by atoms with E-state index in [0.717, 1.165) is 23.4 Å². The van der Waals surface area contributed by atoms with Gasteiger partial charge in [-0.25, -0.2) is 4.98 Å². The van der Waals surface area contributed by atoms with Crippen molar-refractivity contribution in [2.24, 2.45) is 0 Å². The molecule has 2 amide bonds. The molecule has 3 heterocycles. The number of carbonyl (C=O) groups excluding carboxylic acids is 2. The van der Waals surface area contributed by atoms with Crippen molar-refractivity contribution in [3.63, 3.8) is 0 Å². The fourth-order valence-electron chi connectivity index (χ4n) is 3.80. The summed E-state index contributed by atoms with van der Waals surface area (Å²) in [6, 6.07) is 14.5. The van der Waals surface area contributed by atoms with Crippen molar-refractivity contribution >= 4 is 35.3 Å².